The fraction of sp³-hybridized carbons (Fsp3) is 0.875. The molecule has 20 heavy (non-hydrogen) atoms. The zero-order chi connectivity index (χ0) is 15.2. The maximum atomic E-state index is 7.70. The number of nitrogens with one attached hydrogen (secondary N) is 2. The summed E-state index contributed by atoms with van der Waals surface area (Å²) in [6.07, 6.45) is 12.2. The molecule has 0 saturated carbocycles. The molecule has 0 aromatic carbocycles. The van der Waals surface area contributed by atoms with Gasteiger partial charge in [-0.1, -0.05) is 64.7 Å². The van der Waals surface area contributed by atoms with Crippen molar-refractivity contribution in [2.45, 2.75) is 71.1 Å². The van der Waals surface area contributed by atoms with Gasteiger partial charge in [0.25, 0.3) is 0 Å². The minimum Gasteiger partial charge on any atom is -0.484 e. The predicted molar refractivity (Wildman–Crippen MR) is 84.8 cm³/mol. The second-order valence-electron chi connectivity index (χ2n) is 5.31. The molecule has 0 saturated heterocycles. The molecule has 0 heterocycles. The zero-order valence-electron chi connectivity index (χ0n) is 13.5. The lowest BCUT2D eigenvalue weighted by molar-refractivity contribution is 0.332. The number of hydrogen-bond donors (Lipinski definition) is 2. The Bertz CT molecular complexity index is 251. The normalized spacial score (nSPS) is 11.9. The molecule has 0 bridgehead atoms. The predicted octanol–water partition coefficient (Wildman–Crippen LogP) is 4.77. The van der Waals surface area contributed by atoms with Crippen LogP contribution in [0.3, 0.4) is 0 Å². The number of hydrogen-bond acceptors (Lipinski definition) is 4. The van der Waals surface area contributed by atoms with Crippen LogP contribution in [0.5, 0.6) is 0 Å². The Morgan fingerprint density at radius 2 is 1.15 bits per heavy atom. The van der Waals surface area contributed by atoms with E-state index < -0.39 is 0 Å². The molecular weight excluding hydrogens is 252 g/mol. The summed E-state index contributed by atoms with van der Waals surface area (Å²) < 4.78 is 9.86. The van der Waals surface area contributed by atoms with Crippen molar-refractivity contribution in [3.05, 3.63) is 0 Å². The van der Waals surface area contributed by atoms with Crippen molar-refractivity contribution in [1.82, 2.24) is 0 Å². The highest BCUT2D eigenvalue weighted by Gasteiger charge is 2.21. The van der Waals surface area contributed by atoms with Gasteiger partial charge in [-0.25, -0.2) is 0 Å². The van der Waals surface area contributed by atoms with Crippen LogP contribution in [0.15, 0.2) is 0 Å². The lowest BCUT2D eigenvalue weighted by Crippen LogP contribution is -2.25. The molecule has 4 nitrogen and oxygen atoms in total. The zero-order valence-corrected chi connectivity index (χ0v) is 13.5. The van der Waals surface area contributed by atoms with Crippen molar-refractivity contribution in [3.63, 3.8) is 0 Å². The van der Waals surface area contributed by atoms with Crippen LogP contribution < -0.4 is 0 Å². The lowest BCUT2D eigenvalue weighted by Gasteiger charge is -2.16. The van der Waals surface area contributed by atoms with E-state index in [4.69, 9.17) is 20.3 Å². The molecule has 0 radical (unpaired) electrons. The molecule has 0 amide bonds. The van der Waals surface area contributed by atoms with Crippen LogP contribution in [0, 0.1) is 16.7 Å². The molecule has 0 atom stereocenters. The lowest BCUT2D eigenvalue weighted by atomic mass is 9.99. The first-order chi connectivity index (χ1) is 9.67. The Morgan fingerprint density at radius 3 is 1.55 bits per heavy atom. The van der Waals surface area contributed by atoms with Crippen molar-refractivity contribution in [1.29, 1.82) is 10.8 Å². The fourth-order valence-corrected chi connectivity index (χ4v) is 2.32. The van der Waals surface area contributed by atoms with Crippen molar-refractivity contribution < 1.29 is 9.47 Å². The molecule has 0 aromatic rings. The minimum atomic E-state index is -0.311. The van der Waals surface area contributed by atoms with Crippen molar-refractivity contribution >= 4 is 11.8 Å². The summed E-state index contributed by atoms with van der Waals surface area (Å²) in [5, 5.41) is 15.4. The molecule has 0 spiro atoms. The first-order valence-electron chi connectivity index (χ1n) is 7.92. The first-order valence-corrected chi connectivity index (χ1v) is 7.92. The smallest absolute Gasteiger partial charge is 0.192 e. The number of unbranched alkanes of at least 4 members (excludes halogenated alkanes) is 8. The van der Waals surface area contributed by atoms with Crippen LogP contribution in [0.1, 0.15) is 71.1 Å². The Morgan fingerprint density at radius 1 is 0.750 bits per heavy atom. The summed E-state index contributed by atoms with van der Waals surface area (Å²) in [6, 6.07) is 0. The maximum absolute atomic E-state index is 7.70. The Hall–Kier alpha value is -1.06. The van der Waals surface area contributed by atoms with Gasteiger partial charge in [0, 0.05) is 0 Å². The van der Waals surface area contributed by atoms with E-state index in [9.17, 15) is 0 Å². The molecule has 4 heteroatoms. The van der Waals surface area contributed by atoms with Gasteiger partial charge in [0.15, 0.2) is 11.8 Å². The molecular formula is C16H32N2O2. The van der Waals surface area contributed by atoms with Gasteiger partial charge < -0.3 is 9.47 Å². The van der Waals surface area contributed by atoms with E-state index in [0.717, 1.165) is 19.3 Å². The quantitative estimate of drug-likeness (QED) is 0.308. The Labute approximate surface area is 124 Å². The average Bonchev–Trinajstić information content (AvgIpc) is 2.48. The summed E-state index contributed by atoms with van der Waals surface area (Å²) in [4.78, 5) is 0. The summed E-state index contributed by atoms with van der Waals surface area (Å²) in [5.41, 5.74) is 0. The second-order valence-corrected chi connectivity index (χ2v) is 5.31. The topological polar surface area (TPSA) is 66.2 Å². The van der Waals surface area contributed by atoms with E-state index >= 15 is 0 Å². The molecule has 0 aromatic heterocycles. The van der Waals surface area contributed by atoms with Gasteiger partial charge in [0.2, 0.25) is 0 Å². The van der Waals surface area contributed by atoms with Gasteiger partial charge in [-0.3, -0.25) is 10.8 Å². The third kappa shape index (κ3) is 8.94. The number of methoxy groups -OCH3 is 2. The second kappa shape index (κ2) is 12.9. The average molecular weight is 284 g/mol. The Kier molecular flexibility index (Phi) is 12.3. The van der Waals surface area contributed by atoms with Gasteiger partial charge in [-0.15, -0.1) is 0 Å². The monoisotopic (exact) mass is 284 g/mol. The van der Waals surface area contributed by atoms with Gasteiger partial charge >= 0.3 is 0 Å². The van der Waals surface area contributed by atoms with Crippen LogP contribution in [0.2, 0.25) is 0 Å². The fourth-order valence-electron chi connectivity index (χ4n) is 2.32. The van der Waals surface area contributed by atoms with E-state index in [0.29, 0.717) is 0 Å². The van der Waals surface area contributed by atoms with Crippen LogP contribution in [-0.4, -0.2) is 26.0 Å². The van der Waals surface area contributed by atoms with E-state index in [1.807, 2.05) is 0 Å². The van der Waals surface area contributed by atoms with E-state index in [1.54, 1.807) is 0 Å². The van der Waals surface area contributed by atoms with Crippen LogP contribution in [0.25, 0.3) is 0 Å². The van der Waals surface area contributed by atoms with Crippen molar-refractivity contribution in [3.8, 4) is 0 Å². The summed E-state index contributed by atoms with van der Waals surface area (Å²) in [5.74, 6) is -0.0395. The largest absolute Gasteiger partial charge is 0.484 e. The SMILES string of the molecule is CCCCCCCCCCCC(C(=N)OC)C(=N)OC. The van der Waals surface area contributed by atoms with Gasteiger partial charge in [0.05, 0.1) is 14.2 Å². The van der Waals surface area contributed by atoms with Crippen molar-refractivity contribution in [2.24, 2.45) is 5.92 Å². The minimum absolute atomic E-state index is 0.136. The van der Waals surface area contributed by atoms with Crippen LogP contribution in [-0.2, 0) is 9.47 Å². The maximum Gasteiger partial charge on any atom is 0.192 e. The first kappa shape index (κ1) is 18.9. The Balaban J connectivity index is 3.64. The number of rotatable bonds is 12. The molecule has 0 aliphatic carbocycles. The summed E-state index contributed by atoms with van der Waals surface area (Å²) >= 11 is 0. The highest BCUT2D eigenvalue weighted by Crippen LogP contribution is 2.16. The highest BCUT2D eigenvalue weighted by atomic mass is 16.5. The highest BCUT2D eigenvalue weighted by molar-refractivity contribution is 5.97. The van der Waals surface area contributed by atoms with Gasteiger partial charge in [-0.2, -0.15) is 0 Å². The van der Waals surface area contributed by atoms with E-state index in [1.165, 1.54) is 59.2 Å². The summed E-state index contributed by atoms with van der Waals surface area (Å²) in [6.45, 7) is 2.24. The van der Waals surface area contributed by atoms with E-state index in [2.05, 4.69) is 6.92 Å². The molecule has 0 fully saturated rings. The third-order valence-electron chi connectivity index (χ3n) is 3.67. The summed E-state index contributed by atoms with van der Waals surface area (Å²) in [7, 11) is 2.96. The molecule has 0 aliphatic rings. The molecule has 0 rings (SSSR count). The third-order valence-corrected chi connectivity index (χ3v) is 3.67. The van der Waals surface area contributed by atoms with Crippen molar-refractivity contribution in [2.75, 3.05) is 14.2 Å². The van der Waals surface area contributed by atoms with Crippen LogP contribution >= 0.6 is 0 Å². The van der Waals surface area contributed by atoms with Crippen LogP contribution in [0.4, 0.5) is 0 Å². The van der Waals surface area contributed by atoms with Gasteiger partial charge in [-0.05, 0) is 6.42 Å². The standard InChI is InChI=1S/C16H32N2O2/c1-4-5-6-7-8-9-10-11-12-13-14(15(17)19-2)16(18)20-3/h14,17-18H,4-13H2,1-3H3. The number of ether oxygens (including phenoxy) is 2. The van der Waals surface area contributed by atoms with E-state index in [-0.39, 0.29) is 17.7 Å². The molecule has 118 valence electrons. The molecule has 0 unspecified atom stereocenters. The van der Waals surface area contributed by atoms with Gasteiger partial charge in [0.1, 0.15) is 5.92 Å². The molecule has 0 aliphatic heterocycles. The molecule has 2 N–H and O–H groups in total.